The van der Waals surface area contributed by atoms with E-state index in [2.05, 4.69) is 40.8 Å². The molecule has 0 bridgehead atoms. The molecule has 0 radical (unpaired) electrons. The summed E-state index contributed by atoms with van der Waals surface area (Å²) >= 11 is 0. The standard InChI is InChI=1S/C22H30N4O2/c1-16-5-3-11-23-20(16)14-26(15-21-17(2)6-4-12-24-21)13-18-7-9-19(10-8-18)22(27)25-28/h3-6,11-12,18-19,28H,7-10,13-15H2,1-2H3,(H,25,27). The van der Waals surface area contributed by atoms with Crippen molar-refractivity contribution in [3.05, 3.63) is 59.2 Å². The van der Waals surface area contributed by atoms with E-state index in [1.165, 1.54) is 11.1 Å². The van der Waals surface area contributed by atoms with Gasteiger partial charge in [0, 0.05) is 37.9 Å². The van der Waals surface area contributed by atoms with E-state index < -0.39 is 0 Å². The van der Waals surface area contributed by atoms with E-state index in [-0.39, 0.29) is 11.8 Å². The fourth-order valence-corrected chi connectivity index (χ4v) is 4.04. The summed E-state index contributed by atoms with van der Waals surface area (Å²) in [5.41, 5.74) is 6.41. The molecule has 150 valence electrons. The Labute approximate surface area is 167 Å². The third-order valence-electron chi connectivity index (χ3n) is 5.83. The van der Waals surface area contributed by atoms with Crippen molar-refractivity contribution in [1.82, 2.24) is 20.3 Å². The fourth-order valence-electron chi connectivity index (χ4n) is 4.04. The predicted molar refractivity (Wildman–Crippen MR) is 107 cm³/mol. The molecule has 2 heterocycles. The summed E-state index contributed by atoms with van der Waals surface area (Å²) in [6.45, 7) is 6.75. The minimum absolute atomic E-state index is 0.0641. The van der Waals surface area contributed by atoms with Crippen molar-refractivity contribution < 1.29 is 10.0 Å². The van der Waals surface area contributed by atoms with Crippen LogP contribution in [0, 0.1) is 25.7 Å². The highest BCUT2D eigenvalue weighted by Gasteiger charge is 2.27. The van der Waals surface area contributed by atoms with Crippen molar-refractivity contribution in [1.29, 1.82) is 0 Å². The van der Waals surface area contributed by atoms with Gasteiger partial charge < -0.3 is 0 Å². The number of aryl methyl sites for hydroxylation is 2. The van der Waals surface area contributed by atoms with Crippen LogP contribution in [-0.2, 0) is 17.9 Å². The lowest BCUT2D eigenvalue weighted by molar-refractivity contribution is -0.134. The number of hydrogen-bond donors (Lipinski definition) is 2. The number of amides is 1. The quantitative estimate of drug-likeness (QED) is 0.567. The van der Waals surface area contributed by atoms with Gasteiger partial charge in [0.25, 0.3) is 0 Å². The van der Waals surface area contributed by atoms with Gasteiger partial charge in [-0.25, -0.2) is 5.48 Å². The Kier molecular flexibility index (Phi) is 7.12. The number of nitrogens with one attached hydrogen (secondary N) is 1. The lowest BCUT2D eigenvalue weighted by Crippen LogP contribution is -2.35. The molecule has 0 aliphatic heterocycles. The van der Waals surface area contributed by atoms with Crippen LogP contribution in [0.1, 0.15) is 48.2 Å². The maximum Gasteiger partial charge on any atom is 0.246 e. The van der Waals surface area contributed by atoms with Gasteiger partial charge >= 0.3 is 0 Å². The molecular weight excluding hydrogens is 352 g/mol. The van der Waals surface area contributed by atoms with Gasteiger partial charge in [0.05, 0.1) is 11.4 Å². The van der Waals surface area contributed by atoms with E-state index in [1.807, 2.05) is 24.5 Å². The highest BCUT2D eigenvalue weighted by atomic mass is 16.5. The average Bonchev–Trinajstić information content (AvgIpc) is 2.71. The normalized spacial score (nSPS) is 19.6. The number of nitrogens with zero attached hydrogens (tertiary/aromatic N) is 3. The third-order valence-corrected chi connectivity index (χ3v) is 5.83. The Hall–Kier alpha value is -2.31. The smallest absolute Gasteiger partial charge is 0.246 e. The van der Waals surface area contributed by atoms with Crippen LogP contribution < -0.4 is 5.48 Å². The number of hydroxylamine groups is 1. The molecule has 0 spiro atoms. The molecule has 0 saturated heterocycles. The minimum atomic E-state index is -0.247. The topological polar surface area (TPSA) is 78.4 Å². The molecule has 1 amide bonds. The van der Waals surface area contributed by atoms with Crippen LogP contribution in [0.4, 0.5) is 0 Å². The van der Waals surface area contributed by atoms with Crippen LogP contribution in [0.3, 0.4) is 0 Å². The van der Waals surface area contributed by atoms with Crippen molar-refractivity contribution in [3.63, 3.8) is 0 Å². The summed E-state index contributed by atoms with van der Waals surface area (Å²) in [5.74, 6) is 0.227. The second-order valence-corrected chi connectivity index (χ2v) is 7.90. The number of carbonyl (C=O) groups is 1. The maximum absolute atomic E-state index is 11.7. The number of rotatable bonds is 7. The van der Waals surface area contributed by atoms with Gasteiger partial charge in [0.1, 0.15) is 0 Å². The fraction of sp³-hybridized carbons (Fsp3) is 0.500. The molecule has 28 heavy (non-hydrogen) atoms. The van der Waals surface area contributed by atoms with Gasteiger partial charge in [-0.2, -0.15) is 0 Å². The summed E-state index contributed by atoms with van der Waals surface area (Å²) in [5, 5.41) is 8.86. The first kappa shape index (κ1) is 20.4. The molecule has 3 rings (SSSR count). The molecule has 2 aromatic heterocycles. The average molecular weight is 383 g/mol. The van der Waals surface area contributed by atoms with Crippen LogP contribution in [-0.4, -0.2) is 32.5 Å². The summed E-state index contributed by atoms with van der Waals surface area (Å²) in [4.78, 5) is 23.3. The monoisotopic (exact) mass is 382 g/mol. The molecule has 6 heteroatoms. The lowest BCUT2D eigenvalue weighted by Gasteiger charge is -2.32. The van der Waals surface area contributed by atoms with E-state index in [4.69, 9.17) is 5.21 Å². The number of aromatic nitrogens is 2. The molecular formula is C22H30N4O2. The summed E-state index contributed by atoms with van der Waals surface area (Å²) < 4.78 is 0. The zero-order valence-corrected chi connectivity index (χ0v) is 16.8. The summed E-state index contributed by atoms with van der Waals surface area (Å²) in [6.07, 6.45) is 7.36. The van der Waals surface area contributed by atoms with Crippen LogP contribution in [0.25, 0.3) is 0 Å². The van der Waals surface area contributed by atoms with Crippen molar-refractivity contribution in [2.75, 3.05) is 6.54 Å². The van der Waals surface area contributed by atoms with Crippen molar-refractivity contribution >= 4 is 5.91 Å². The highest BCUT2D eigenvalue weighted by Crippen LogP contribution is 2.30. The van der Waals surface area contributed by atoms with Crippen LogP contribution >= 0.6 is 0 Å². The molecule has 0 aromatic carbocycles. The van der Waals surface area contributed by atoms with E-state index in [1.54, 1.807) is 5.48 Å². The first-order valence-electron chi connectivity index (χ1n) is 10.0. The van der Waals surface area contributed by atoms with E-state index in [0.717, 1.165) is 56.7 Å². The largest absolute Gasteiger partial charge is 0.291 e. The van der Waals surface area contributed by atoms with Gasteiger partial charge in [-0.1, -0.05) is 12.1 Å². The second-order valence-electron chi connectivity index (χ2n) is 7.90. The number of carbonyl (C=O) groups excluding carboxylic acids is 1. The molecule has 1 aliphatic carbocycles. The van der Waals surface area contributed by atoms with E-state index in [0.29, 0.717) is 5.92 Å². The van der Waals surface area contributed by atoms with Gasteiger partial charge in [-0.3, -0.25) is 24.9 Å². The van der Waals surface area contributed by atoms with E-state index >= 15 is 0 Å². The van der Waals surface area contributed by atoms with Crippen molar-refractivity contribution in [2.24, 2.45) is 11.8 Å². The minimum Gasteiger partial charge on any atom is -0.291 e. The number of hydrogen-bond acceptors (Lipinski definition) is 5. The molecule has 1 aliphatic rings. The first-order valence-corrected chi connectivity index (χ1v) is 10.0. The second kappa shape index (κ2) is 9.75. The SMILES string of the molecule is Cc1cccnc1CN(Cc1ncccc1C)CC1CCC(C(=O)NO)CC1. The Bertz CT molecular complexity index is 740. The molecule has 6 nitrogen and oxygen atoms in total. The Morgan fingerprint density at radius 1 is 1.04 bits per heavy atom. The molecule has 1 saturated carbocycles. The van der Waals surface area contributed by atoms with Crippen LogP contribution in [0.15, 0.2) is 36.7 Å². The van der Waals surface area contributed by atoms with Crippen LogP contribution in [0.2, 0.25) is 0 Å². The Morgan fingerprint density at radius 3 is 2.04 bits per heavy atom. The molecule has 2 aromatic rings. The van der Waals surface area contributed by atoms with Gasteiger partial charge in [-0.05, 0) is 68.7 Å². The lowest BCUT2D eigenvalue weighted by atomic mass is 9.81. The molecule has 2 N–H and O–H groups in total. The summed E-state index contributed by atoms with van der Waals surface area (Å²) in [7, 11) is 0. The third kappa shape index (κ3) is 5.36. The molecule has 1 fully saturated rings. The van der Waals surface area contributed by atoms with Crippen molar-refractivity contribution in [3.8, 4) is 0 Å². The zero-order valence-electron chi connectivity index (χ0n) is 16.8. The predicted octanol–water partition coefficient (Wildman–Crippen LogP) is 3.41. The number of pyridine rings is 2. The van der Waals surface area contributed by atoms with Crippen LogP contribution in [0.5, 0.6) is 0 Å². The highest BCUT2D eigenvalue weighted by molar-refractivity contribution is 5.77. The summed E-state index contributed by atoms with van der Waals surface area (Å²) in [6, 6.07) is 8.15. The van der Waals surface area contributed by atoms with Gasteiger partial charge in [0.15, 0.2) is 0 Å². The Balaban J connectivity index is 1.69. The van der Waals surface area contributed by atoms with Gasteiger partial charge in [-0.15, -0.1) is 0 Å². The van der Waals surface area contributed by atoms with E-state index in [9.17, 15) is 4.79 Å². The maximum atomic E-state index is 11.7. The van der Waals surface area contributed by atoms with Crippen molar-refractivity contribution in [2.45, 2.75) is 52.6 Å². The molecule has 0 atom stereocenters. The zero-order chi connectivity index (χ0) is 19.9. The Morgan fingerprint density at radius 2 is 1.57 bits per heavy atom. The molecule has 0 unspecified atom stereocenters. The first-order chi connectivity index (χ1) is 13.6. The van der Waals surface area contributed by atoms with Gasteiger partial charge in [0.2, 0.25) is 5.91 Å².